The second-order valence-corrected chi connectivity index (χ2v) is 7.89. The number of ketones is 1. The van der Waals surface area contributed by atoms with Crippen LogP contribution >= 0.6 is 0 Å². The van der Waals surface area contributed by atoms with E-state index in [2.05, 4.69) is 4.99 Å². The first-order chi connectivity index (χ1) is 30.3. The lowest BCUT2D eigenvalue weighted by Gasteiger charge is -2.27. The first-order valence-electron chi connectivity index (χ1n) is 25.0. The average molecular weight is 573 g/mol. The summed E-state index contributed by atoms with van der Waals surface area (Å²) >= 11 is 0. The number of likely N-dealkylation sites (tertiary alicyclic amines) is 2. The lowest BCUT2D eigenvalue weighted by Crippen LogP contribution is -2.33. The fraction of sp³-hybridized carbons (Fsp3) is 0.278. The molecule has 5 heteroatoms. The van der Waals surface area contributed by atoms with Gasteiger partial charge in [-0.3, -0.25) is 19.6 Å². The van der Waals surface area contributed by atoms with Gasteiger partial charge in [0.25, 0.3) is 0 Å². The second-order valence-electron chi connectivity index (χ2n) is 7.89. The molecule has 0 saturated carbocycles. The van der Waals surface area contributed by atoms with Crippen molar-refractivity contribution in [3.8, 4) is 0 Å². The smallest absolute Gasteiger partial charge is 0.135 e. The molecule has 41 heavy (non-hydrogen) atoms. The van der Waals surface area contributed by atoms with Crippen molar-refractivity contribution in [1.29, 1.82) is 0 Å². The molecule has 0 amide bonds. The van der Waals surface area contributed by atoms with Crippen molar-refractivity contribution < 1.29 is 40.4 Å². The predicted molar refractivity (Wildman–Crippen MR) is 171 cm³/mol. The molecule has 0 bridgehead atoms. The van der Waals surface area contributed by atoms with Gasteiger partial charge in [-0.25, -0.2) is 0 Å². The van der Waals surface area contributed by atoms with Crippen LogP contribution in [0.5, 0.6) is 0 Å². The Labute approximate surface area is 281 Å². The highest BCUT2D eigenvalue weighted by Crippen LogP contribution is 2.17. The maximum Gasteiger partial charge on any atom is 0.135 e. The maximum atomic E-state index is 11.9. The molecule has 4 aromatic rings. The molecule has 0 aliphatic carbocycles. The van der Waals surface area contributed by atoms with Crippen molar-refractivity contribution in [3.05, 3.63) is 132 Å². The summed E-state index contributed by atoms with van der Waals surface area (Å²) in [7, 11) is 0. The summed E-state index contributed by atoms with van der Waals surface area (Å²) in [5.41, 5.74) is 3.91. The summed E-state index contributed by atoms with van der Waals surface area (Å²) in [4.78, 5) is 16.5. The zero-order valence-electron chi connectivity index (χ0n) is 47.5. The van der Waals surface area contributed by atoms with Crippen LogP contribution in [0.3, 0.4) is 0 Å². The minimum absolute atomic E-state index is 0.207. The quantitative estimate of drug-likeness (QED) is 0.257. The zero-order valence-corrected chi connectivity index (χ0v) is 21.5. The fourth-order valence-corrected chi connectivity index (χ4v) is 3.01. The minimum atomic E-state index is -3.24. The van der Waals surface area contributed by atoms with E-state index in [4.69, 9.17) is 41.4 Å². The summed E-state index contributed by atoms with van der Waals surface area (Å²) in [6, 6.07) is 10.4. The average Bonchev–Trinajstić information content (AvgIpc) is 3.26. The summed E-state index contributed by atoms with van der Waals surface area (Å²) < 4.78 is 204. The molecule has 4 aromatic carbocycles. The SMILES string of the molecule is [2H]C1([2H])C(=O)C([2H])([2H])C([2H])([2H])N(Cc2ccccc2)C1([2H])[2H].[2H]c1c([2H])c([2H])c(N)c([2H])c1[2H].[2H]c1c([2H])c([2H])c(N=C2C([2H])([2H])C([2H])([2H])N(Cc3ccccc3)C([2H])([2H])C2([2H])[2H])c([2H])c1[2H]. The Morgan fingerprint density at radius 1 is 0.659 bits per heavy atom. The molecule has 2 aliphatic heterocycles. The predicted octanol–water partition coefficient (Wildman–Crippen LogP) is 7.18. The van der Waals surface area contributed by atoms with Gasteiger partial charge < -0.3 is 5.73 Å². The lowest BCUT2D eigenvalue weighted by atomic mass is 10.1. The Morgan fingerprint density at radius 3 is 1.59 bits per heavy atom. The normalized spacial score (nSPS) is 34.6. The monoisotopic (exact) mass is 572 g/mol. The third-order valence-corrected chi connectivity index (χ3v) is 4.82. The number of anilines is 1. The molecule has 2 saturated heterocycles. The van der Waals surface area contributed by atoms with Gasteiger partial charge in [0.15, 0.2) is 0 Å². The van der Waals surface area contributed by atoms with Gasteiger partial charge in [-0.2, -0.15) is 0 Å². The van der Waals surface area contributed by atoms with Crippen molar-refractivity contribution in [1.82, 2.24) is 9.80 Å². The highest BCUT2D eigenvalue weighted by Gasteiger charge is 2.16. The molecule has 2 heterocycles. The lowest BCUT2D eigenvalue weighted by molar-refractivity contribution is -0.121. The molecule has 0 spiro atoms. The number of Topliss-reactive ketones (excluding diaryl/α,β-unsaturated/α-hetero) is 1. The van der Waals surface area contributed by atoms with Crippen molar-refractivity contribution in [2.45, 2.75) is 38.6 Å². The van der Waals surface area contributed by atoms with Crippen LogP contribution < -0.4 is 5.73 Å². The van der Waals surface area contributed by atoms with Crippen LogP contribution in [0.4, 0.5) is 11.4 Å². The standard InChI is InChI=1S/C18H20N2.C12H15NO.C6H7N/c1-3-7-16(8-4-1)15-20-13-11-18(12-14-20)19-17-9-5-2-6-10-17;14-12-6-8-13(9-7-12)10-11-4-2-1-3-5-11;7-6-4-2-1-3-5-6/h1-10H,11-15H2;1-5H,6-10H2;1-5H,7H2/i2D,5D,6D,9D,10D,11D2,12D2,13D2,14D2;6D2,7D2,8D2,9D2;1D,2D,3D,4D,5D. The zero-order chi connectivity index (χ0) is 51.6. The molecule has 2 aliphatic rings. The Kier molecular flexibility index (Phi) is 4.53. The van der Waals surface area contributed by atoms with E-state index in [-0.39, 0.29) is 24.3 Å². The molecule has 212 valence electrons. The Hall–Kier alpha value is -4.06. The van der Waals surface area contributed by atoms with Crippen LogP contribution in [0.2, 0.25) is 0 Å². The Bertz CT molecular complexity index is 2360. The van der Waals surface area contributed by atoms with Crippen LogP contribution in [0.1, 0.15) is 72.3 Å². The second kappa shape index (κ2) is 16.9. The van der Waals surface area contributed by atoms with E-state index >= 15 is 0 Å². The highest BCUT2D eigenvalue weighted by atomic mass is 16.1. The van der Waals surface area contributed by atoms with Gasteiger partial charge in [-0.1, -0.05) is 96.9 Å². The van der Waals surface area contributed by atoms with Gasteiger partial charge >= 0.3 is 0 Å². The molecule has 6 rings (SSSR count). The molecule has 0 atom stereocenters. The van der Waals surface area contributed by atoms with Gasteiger partial charge in [0.2, 0.25) is 0 Å². The topological polar surface area (TPSA) is 61.9 Å². The fourth-order valence-electron chi connectivity index (χ4n) is 3.01. The summed E-state index contributed by atoms with van der Waals surface area (Å²) in [5, 5.41) is 0. The molecule has 2 N–H and O–H groups in total. The van der Waals surface area contributed by atoms with Crippen LogP contribution in [0.25, 0.3) is 0 Å². The van der Waals surface area contributed by atoms with Crippen molar-refractivity contribution in [3.63, 3.8) is 0 Å². The number of nitrogens with zero attached hydrogens (tertiary/aromatic N) is 3. The van der Waals surface area contributed by atoms with E-state index in [9.17, 15) is 4.79 Å². The van der Waals surface area contributed by atoms with Crippen LogP contribution in [0, 0.1) is 0 Å². The van der Waals surface area contributed by atoms with E-state index in [1.165, 1.54) is 0 Å². The number of carbonyl (C=O) groups is 1. The van der Waals surface area contributed by atoms with Gasteiger partial charge in [0.05, 0.1) is 19.4 Å². The number of para-hydroxylation sites is 2. The number of rotatable bonds is 5. The molecular weight excluding hydrogens is 504 g/mol. The summed E-state index contributed by atoms with van der Waals surface area (Å²) in [6.07, 6.45) is -12.8. The first kappa shape index (κ1) is 11.0. The van der Waals surface area contributed by atoms with Crippen LogP contribution in [0.15, 0.2) is 126 Å². The summed E-state index contributed by atoms with van der Waals surface area (Å²) in [6.45, 7) is -13.0. The van der Waals surface area contributed by atoms with Gasteiger partial charge in [0.1, 0.15) is 5.78 Å². The molecule has 0 radical (unpaired) electrons. The largest absolute Gasteiger partial charge is 0.399 e. The number of carbonyl (C=O) groups excluding carboxylic acids is 1. The molecule has 5 nitrogen and oxygen atoms in total. The van der Waals surface area contributed by atoms with Gasteiger partial charge in [0, 0.05) is 85.2 Å². The number of benzene rings is 4. The van der Waals surface area contributed by atoms with Crippen molar-refractivity contribution in [2.24, 2.45) is 4.99 Å². The highest BCUT2D eigenvalue weighted by molar-refractivity contribution is 5.87. The number of hydrogen-bond donors (Lipinski definition) is 1. The van der Waals surface area contributed by atoms with Crippen LogP contribution in [-0.4, -0.2) is 47.3 Å². The Morgan fingerprint density at radius 2 is 1.10 bits per heavy atom. The van der Waals surface area contributed by atoms with Gasteiger partial charge in [-0.15, -0.1) is 0 Å². The third kappa shape index (κ3) is 11.5. The van der Waals surface area contributed by atoms with Crippen LogP contribution in [-0.2, 0) is 17.9 Å². The van der Waals surface area contributed by atoms with Crippen molar-refractivity contribution >= 4 is 22.9 Å². The first-order valence-corrected chi connectivity index (χ1v) is 12.0. The van der Waals surface area contributed by atoms with E-state index in [0.717, 1.165) is 0 Å². The van der Waals surface area contributed by atoms with E-state index in [0.29, 0.717) is 20.9 Å². The number of piperidine rings is 2. The molecule has 0 unspecified atom stereocenters. The number of nitrogens with two attached hydrogens (primary N) is 1. The van der Waals surface area contributed by atoms with E-state index in [1.54, 1.807) is 60.7 Å². The van der Waals surface area contributed by atoms with Gasteiger partial charge in [-0.05, 0) is 48.0 Å². The number of aliphatic imine (C=N–C) groups is 1. The summed E-state index contributed by atoms with van der Waals surface area (Å²) in [5.74, 6) is -1.72. The Balaban J connectivity index is 0.000000246. The molecule has 0 aromatic heterocycles. The molecule has 2 fully saturated rings. The third-order valence-electron chi connectivity index (χ3n) is 4.82. The number of hydrogen-bond acceptors (Lipinski definition) is 5. The minimum Gasteiger partial charge on any atom is -0.399 e. The van der Waals surface area contributed by atoms with Crippen molar-refractivity contribution in [2.75, 3.05) is 31.7 Å². The number of nitrogen functional groups attached to an aromatic ring is 1. The molecular formula is C36H42N4O. The maximum absolute atomic E-state index is 11.9. The van der Waals surface area contributed by atoms with E-state index in [1.807, 2.05) is 0 Å². The van der Waals surface area contributed by atoms with E-state index < -0.39 is 124 Å².